The molecule has 166 valence electrons. The van der Waals surface area contributed by atoms with Crippen LogP contribution in [0.3, 0.4) is 0 Å². The van der Waals surface area contributed by atoms with Gasteiger partial charge in [0.2, 0.25) is 0 Å². The number of isothiocyanates is 1. The van der Waals surface area contributed by atoms with E-state index in [-0.39, 0.29) is 5.56 Å². The van der Waals surface area contributed by atoms with E-state index in [0.29, 0.717) is 0 Å². The summed E-state index contributed by atoms with van der Waals surface area (Å²) in [5.41, 5.74) is 4.30. The highest BCUT2D eigenvalue weighted by molar-refractivity contribution is 7.78. The molecule has 0 N–H and O–H groups in total. The maximum Gasteiger partial charge on any atom is 0.153 e. The Bertz CT molecular complexity index is 1410. The topological polar surface area (TPSA) is 12.4 Å². The van der Waals surface area contributed by atoms with Gasteiger partial charge in [-0.15, -0.1) is 0 Å². The molecule has 0 heterocycles. The van der Waals surface area contributed by atoms with Crippen molar-refractivity contribution in [3.8, 4) is 35.5 Å². The van der Waals surface area contributed by atoms with E-state index >= 15 is 0 Å². The first-order valence-electron chi connectivity index (χ1n) is 10.9. The second kappa shape index (κ2) is 12.3. The number of nitrogens with zero attached hydrogens (tertiary/aromatic N) is 1. The van der Waals surface area contributed by atoms with Crippen LogP contribution in [-0.2, 0) is 6.42 Å². The lowest BCUT2D eigenvalue weighted by Crippen LogP contribution is -1.90. The van der Waals surface area contributed by atoms with E-state index in [1.807, 2.05) is 54.5 Å². The summed E-state index contributed by atoms with van der Waals surface area (Å²) in [7, 11) is 0. The van der Waals surface area contributed by atoms with Crippen LogP contribution in [0.15, 0.2) is 59.6 Å². The first kappa shape index (κ1) is 24.6. The van der Waals surface area contributed by atoms with Crippen molar-refractivity contribution in [1.82, 2.24) is 0 Å². The average molecular weight is 466 g/mol. The first-order valence-corrected chi connectivity index (χ1v) is 11.3. The van der Waals surface area contributed by atoms with E-state index in [9.17, 15) is 8.78 Å². The zero-order valence-electron chi connectivity index (χ0n) is 18.9. The van der Waals surface area contributed by atoms with Gasteiger partial charge in [-0.1, -0.05) is 49.4 Å². The molecule has 0 spiro atoms. The molecule has 0 amide bonds. The quantitative estimate of drug-likeness (QED) is 0.226. The van der Waals surface area contributed by atoms with Crippen LogP contribution in [0.1, 0.15) is 60.1 Å². The third-order valence-corrected chi connectivity index (χ3v) is 4.94. The molecule has 0 aliphatic carbocycles. The Labute approximate surface area is 205 Å². The molecule has 34 heavy (non-hydrogen) atoms. The monoisotopic (exact) mass is 465 g/mol. The van der Waals surface area contributed by atoms with Crippen LogP contribution >= 0.6 is 12.2 Å². The molecule has 0 unspecified atom stereocenters. The standard InChI is InChI=1S/C30H21F2NS/c1-3-5-6-7-22-8-10-23(11-9-22)12-13-24-14-16-27(26(4-2)18-24)17-15-25-19-28(31)30(33-21-34)29(32)20-25/h8-11,14,16,18-20H,3-5H2,1-2H3. The number of aryl methyl sites for hydroxylation is 1. The number of thiocarbonyl (C=S) groups is 1. The molecule has 0 saturated heterocycles. The summed E-state index contributed by atoms with van der Waals surface area (Å²) in [5, 5.41) is 1.97. The van der Waals surface area contributed by atoms with Gasteiger partial charge in [-0.2, -0.15) is 4.99 Å². The van der Waals surface area contributed by atoms with Crippen molar-refractivity contribution in [3.63, 3.8) is 0 Å². The van der Waals surface area contributed by atoms with Gasteiger partial charge in [0.05, 0.1) is 5.16 Å². The summed E-state index contributed by atoms with van der Waals surface area (Å²) in [6, 6.07) is 15.9. The smallest absolute Gasteiger partial charge is 0.153 e. The van der Waals surface area contributed by atoms with Crippen LogP contribution in [0.25, 0.3) is 0 Å². The number of rotatable bonds is 3. The van der Waals surface area contributed by atoms with Gasteiger partial charge in [-0.05, 0) is 85.2 Å². The van der Waals surface area contributed by atoms with Crippen molar-refractivity contribution in [2.75, 3.05) is 0 Å². The van der Waals surface area contributed by atoms with E-state index in [0.717, 1.165) is 59.2 Å². The normalized spacial score (nSPS) is 9.41. The predicted octanol–water partition coefficient (Wildman–Crippen LogP) is 7.21. The largest absolute Gasteiger partial charge is 0.204 e. The molecular formula is C30H21F2NS. The minimum Gasteiger partial charge on any atom is -0.204 e. The summed E-state index contributed by atoms with van der Waals surface area (Å²) in [4.78, 5) is 3.41. The minimum atomic E-state index is -0.830. The van der Waals surface area contributed by atoms with Crippen LogP contribution in [0, 0.1) is 47.2 Å². The lowest BCUT2D eigenvalue weighted by Gasteiger charge is -2.03. The summed E-state index contributed by atoms with van der Waals surface area (Å²) in [6.45, 7) is 4.13. The van der Waals surface area contributed by atoms with Gasteiger partial charge >= 0.3 is 0 Å². The van der Waals surface area contributed by atoms with Gasteiger partial charge in [-0.3, -0.25) is 0 Å². The number of benzene rings is 3. The molecule has 4 heteroatoms. The number of halogens is 2. The zero-order chi connectivity index (χ0) is 24.3. The van der Waals surface area contributed by atoms with Gasteiger partial charge in [0.1, 0.15) is 5.69 Å². The summed E-state index contributed by atoms with van der Waals surface area (Å²) >= 11 is 4.42. The van der Waals surface area contributed by atoms with E-state index in [4.69, 9.17) is 0 Å². The van der Waals surface area contributed by atoms with Crippen molar-refractivity contribution >= 4 is 23.1 Å². The van der Waals surface area contributed by atoms with Crippen molar-refractivity contribution in [2.45, 2.75) is 33.1 Å². The molecule has 0 fully saturated rings. The van der Waals surface area contributed by atoms with Crippen LogP contribution in [-0.4, -0.2) is 5.16 Å². The van der Waals surface area contributed by atoms with E-state index < -0.39 is 17.3 Å². The van der Waals surface area contributed by atoms with Gasteiger partial charge in [0, 0.05) is 34.2 Å². The Morgan fingerprint density at radius 2 is 1.32 bits per heavy atom. The summed E-state index contributed by atoms with van der Waals surface area (Å²) in [5.74, 6) is 16.8. The molecule has 0 aliphatic heterocycles. The number of hydrogen-bond donors (Lipinski definition) is 0. The van der Waals surface area contributed by atoms with Gasteiger partial charge in [0.15, 0.2) is 11.6 Å². The Morgan fingerprint density at radius 3 is 1.94 bits per heavy atom. The molecule has 0 bridgehead atoms. The molecule has 3 aromatic rings. The number of hydrogen-bond acceptors (Lipinski definition) is 2. The maximum absolute atomic E-state index is 14.0. The van der Waals surface area contributed by atoms with Crippen LogP contribution in [0.2, 0.25) is 0 Å². The number of unbranched alkanes of at least 4 members (excludes halogenated alkanes) is 1. The number of aliphatic imine (C=N–C) groups is 1. The Hall–Kier alpha value is -4.00. The summed E-state index contributed by atoms with van der Waals surface area (Å²) in [6.07, 6.45) is 2.69. The first-order chi connectivity index (χ1) is 16.5. The molecular weight excluding hydrogens is 444 g/mol. The highest BCUT2D eigenvalue weighted by Crippen LogP contribution is 2.23. The Kier molecular flexibility index (Phi) is 8.91. The fourth-order valence-corrected chi connectivity index (χ4v) is 3.18. The van der Waals surface area contributed by atoms with Crippen LogP contribution in [0.4, 0.5) is 14.5 Å². The minimum absolute atomic E-state index is 0.215. The average Bonchev–Trinajstić information content (AvgIpc) is 2.85. The van der Waals surface area contributed by atoms with Crippen molar-refractivity contribution < 1.29 is 8.78 Å². The van der Waals surface area contributed by atoms with Crippen molar-refractivity contribution in [1.29, 1.82) is 0 Å². The lowest BCUT2D eigenvalue weighted by atomic mass is 10.0. The third-order valence-electron chi connectivity index (χ3n) is 4.85. The Morgan fingerprint density at radius 1 is 0.735 bits per heavy atom. The molecule has 0 saturated carbocycles. The lowest BCUT2D eigenvalue weighted by molar-refractivity contribution is 0.587. The van der Waals surface area contributed by atoms with Crippen LogP contribution < -0.4 is 0 Å². The van der Waals surface area contributed by atoms with Gasteiger partial charge in [0.25, 0.3) is 0 Å². The predicted molar refractivity (Wildman–Crippen MR) is 137 cm³/mol. The van der Waals surface area contributed by atoms with E-state index in [2.05, 4.69) is 59.7 Å². The van der Waals surface area contributed by atoms with Gasteiger partial charge in [-0.25, -0.2) is 8.78 Å². The SMILES string of the molecule is CCCC#Cc1ccc(C#Cc2ccc(C#Cc3cc(F)c(N=C=S)c(F)c3)c(CC)c2)cc1. The van der Waals surface area contributed by atoms with Crippen molar-refractivity contribution in [3.05, 3.63) is 99.6 Å². The molecule has 1 nitrogen and oxygen atoms in total. The molecule has 0 radical (unpaired) electrons. The molecule has 0 aliphatic rings. The highest BCUT2D eigenvalue weighted by Gasteiger charge is 2.09. The molecule has 0 aromatic heterocycles. The maximum atomic E-state index is 14.0. The second-order valence-electron chi connectivity index (χ2n) is 7.35. The van der Waals surface area contributed by atoms with Gasteiger partial charge < -0.3 is 0 Å². The van der Waals surface area contributed by atoms with Crippen molar-refractivity contribution in [2.24, 2.45) is 4.99 Å². The van der Waals surface area contributed by atoms with E-state index in [1.165, 1.54) is 0 Å². The highest BCUT2D eigenvalue weighted by atomic mass is 32.1. The fraction of sp³-hybridized carbons (Fsp3) is 0.167. The fourth-order valence-electron chi connectivity index (χ4n) is 3.09. The Balaban J connectivity index is 1.81. The molecule has 3 aromatic carbocycles. The zero-order valence-corrected chi connectivity index (χ0v) is 19.7. The van der Waals surface area contributed by atoms with Crippen LogP contribution in [0.5, 0.6) is 0 Å². The molecule has 3 rings (SSSR count). The molecule has 0 atom stereocenters. The second-order valence-corrected chi connectivity index (χ2v) is 7.53. The third kappa shape index (κ3) is 6.75. The summed E-state index contributed by atoms with van der Waals surface area (Å²) < 4.78 is 28.1. The van der Waals surface area contributed by atoms with E-state index in [1.54, 1.807) is 0 Å².